The van der Waals surface area contributed by atoms with Crippen molar-refractivity contribution in [1.82, 2.24) is 0 Å². The summed E-state index contributed by atoms with van der Waals surface area (Å²) in [5.74, 6) is 0. The molecule has 2 heterocycles. The molecule has 0 bridgehead atoms. The molecule has 2 fully saturated rings. The zero-order valence-electron chi connectivity index (χ0n) is 7.68. The van der Waals surface area contributed by atoms with Crippen molar-refractivity contribution in [2.75, 3.05) is 20.1 Å². The van der Waals surface area contributed by atoms with Gasteiger partial charge in [-0.05, 0) is 38.5 Å². The third-order valence-electron chi connectivity index (χ3n) is 3.79. The minimum atomic E-state index is 1.04. The standard InChI is InChI=1S/C10H20N/c1-11-8-4-2-6-10(11)7-3-5-9-11/h10H,2-9H2,1H3/q+1. The molecule has 11 heavy (non-hydrogen) atoms. The zero-order chi connectivity index (χ0) is 7.73. The van der Waals surface area contributed by atoms with Crippen LogP contribution in [0.15, 0.2) is 0 Å². The van der Waals surface area contributed by atoms with Crippen molar-refractivity contribution >= 4 is 0 Å². The lowest BCUT2D eigenvalue weighted by molar-refractivity contribution is -0.943. The number of hydrogen-bond acceptors (Lipinski definition) is 0. The molecule has 0 amide bonds. The Bertz CT molecular complexity index is 130. The predicted molar refractivity (Wildman–Crippen MR) is 47.4 cm³/mol. The molecule has 2 aliphatic heterocycles. The van der Waals surface area contributed by atoms with Gasteiger partial charge in [-0.2, -0.15) is 0 Å². The molecule has 0 unspecified atom stereocenters. The summed E-state index contributed by atoms with van der Waals surface area (Å²) in [6.45, 7) is 2.93. The van der Waals surface area contributed by atoms with Crippen LogP contribution in [0, 0.1) is 0 Å². The van der Waals surface area contributed by atoms with Gasteiger partial charge in [0.05, 0.1) is 26.2 Å². The first-order chi connectivity index (χ1) is 5.31. The molecule has 0 radical (unpaired) electrons. The van der Waals surface area contributed by atoms with E-state index in [-0.39, 0.29) is 0 Å². The van der Waals surface area contributed by atoms with Crippen LogP contribution < -0.4 is 0 Å². The molecule has 0 N–H and O–H groups in total. The van der Waals surface area contributed by atoms with Crippen LogP contribution in [-0.2, 0) is 0 Å². The van der Waals surface area contributed by atoms with Gasteiger partial charge in [-0.15, -0.1) is 0 Å². The molecular weight excluding hydrogens is 134 g/mol. The number of piperidine rings is 2. The molecular formula is C10H20N+. The number of nitrogens with zero attached hydrogens (tertiary/aromatic N) is 1. The quantitative estimate of drug-likeness (QED) is 0.469. The molecule has 0 spiro atoms. The maximum Gasteiger partial charge on any atom is 0.0888 e. The highest BCUT2D eigenvalue weighted by Gasteiger charge is 2.36. The summed E-state index contributed by atoms with van der Waals surface area (Å²) >= 11 is 0. The van der Waals surface area contributed by atoms with Gasteiger partial charge in [-0.25, -0.2) is 0 Å². The second kappa shape index (κ2) is 2.78. The van der Waals surface area contributed by atoms with E-state index in [9.17, 15) is 0 Å². The number of quaternary nitrogens is 1. The Morgan fingerprint density at radius 3 is 1.91 bits per heavy atom. The first kappa shape index (κ1) is 7.60. The van der Waals surface area contributed by atoms with E-state index in [0.29, 0.717) is 0 Å². The minimum Gasteiger partial charge on any atom is -0.324 e. The summed E-state index contributed by atoms with van der Waals surface area (Å²) in [5, 5.41) is 0. The van der Waals surface area contributed by atoms with Gasteiger partial charge in [-0.3, -0.25) is 0 Å². The number of fused-ring (bicyclic) bond motifs is 1. The molecule has 1 heteroatoms. The Balaban J connectivity index is 2.06. The Morgan fingerprint density at radius 2 is 1.45 bits per heavy atom. The maximum absolute atomic E-state index is 2.48. The van der Waals surface area contributed by atoms with E-state index in [1.807, 2.05) is 0 Å². The van der Waals surface area contributed by atoms with Crippen molar-refractivity contribution in [3.05, 3.63) is 0 Å². The van der Waals surface area contributed by atoms with Crippen LogP contribution in [0.25, 0.3) is 0 Å². The monoisotopic (exact) mass is 154 g/mol. The van der Waals surface area contributed by atoms with E-state index in [2.05, 4.69) is 7.05 Å². The summed E-state index contributed by atoms with van der Waals surface area (Å²) in [6.07, 6.45) is 8.98. The van der Waals surface area contributed by atoms with Crippen molar-refractivity contribution in [2.24, 2.45) is 0 Å². The first-order valence-electron chi connectivity index (χ1n) is 5.15. The average molecular weight is 154 g/mol. The van der Waals surface area contributed by atoms with Crippen LogP contribution in [0.2, 0.25) is 0 Å². The van der Waals surface area contributed by atoms with E-state index in [1.54, 1.807) is 0 Å². The second-order valence-electron chi connectivity index (χ2n) is 4.57. The van der Waals surface area contributed by atoms with Crippen LogP contribution >= 0.6 is 0 Å². The van der Waals surface area contributed by atoms with Gasteiger partial charge in [0.15, 0.2) is 0 Å². The Kier molecular flexibility index (Phi) is 1.92. The van der Waals surface area contributed by atoms with Crippen LogP contribution in [0.3, 0.4) is 0 Å². The van der Waals surface area contributed by atoms with Gasteiger partial charge >= 0.3 is 0 Å². The number of rotatable bonds is 0. The molecule has 0 saturated carbocycles. The summed E-state index contributed by atoms with van der Waals surface area (Å²) in [5.41, 5.74) is 0. The summed E-state index contributed by atoms with van der Waals surface area (Å²) < 4.78 is 1.42. The lowest BCUT2D eigenvalue weighted by atomic mass is 9.90. The van der Waals surface area contributed by atoms with E-state index >= 15 is 0 Å². The average Bonchev–Trinajstić information content (AvgIpc) is 2.03. The van der Waals surface area contributed by atoms with Gasteiger partial charge in [0.1, 0.15) is 0 Å². The lowest BCUT2D eigenvalue weighted by Crippen LogP contribution is -2.57. The lowest BCUT2D eigenvalue weighted by Gasteiger charge is -2.47. The molecule has 64 valence electrons. The highest BCUT2D eigenvalue weighted by Crippen LogP contribution is 2.31. The fraction of sp³-hybridized carbons (Fsp3) is 1.00. The second-order valence-corrected chi connectivity index (χ2v) is 4.57. The molecule has 2 aliphatic rings. The van der Waals surface area contributed by atoms with Crippen molar-refractivity contribution < 1.29 is 4.48 Å². The van der Waals surface area contributed by atoms with E-state index < -0.39 is 0 Å². The van der Waals surface area contributed by atoms with Crippen LogP contribution in [0.1, 0.15) is 38.5 Å². The molecule has 1 nitrogen and oxygen atoms in total. The third-order valence-corrected chi connectivity index (χ3v) is 3.79. The van der Waals surface area contributed by atoms with Gasteiger partial charge in [0, 0.05) is 0 Å². The van der Waals surface area contributed by atoms with Crippen molar-refractivity contribution in [1.29, 1.82) is 0 Å². The largest absolute Gasteiger partial charge is 0.324 e. The van der Waals surface area contributed by atoms with E-state index in [1.165, 1.54) is 56.1 Å². The molecule has 0 aromatic heterocycles. The minimum absolute atomic E-state index is 1.04. The van der Waals surface area contributed by atoms with Crippen molar-refractivity contribution in [3.63, 3.8) is 0 Å². The fourth-order valence-electron chi connectivity index (χ4n) is 2.95. The molecule has 0 aromatic carbocycles. The van der Waals surface area contributed by atoms with Gasteiger partial charge in [0.25, 0.3) is 0 Å². The summed E-state index contributed by atoms with van der Waals surface area (Å²) in [6, 6.07) is 1.04. The van der Waals surface area contributed by atoms with Crippen LogP contribution in [0.4, 0.5) is 0 Å². The topological polar surface area (TPSA) is 0 Å². The SMILES string of the molecule is C[N+]12CCCCC1CCCC2. The van der Waals surface area contributed by atoms with Crippen molar-refractivity contribution in [3.8, 4) is 0 Å². The van der Waals surface area contributed by atoms with Crippen LogP contribution in [-0.4, -0.2) is 30.7 Å². The summed E-state index contributed by atoms with van der Waals surface area (Å²) in [7, 11) is 2.48. The maximum atomic E-state index is 2.48. The molecule has 2 saturated heterocycles. The Morgan fingerprint density at radius 1 is 0.909 bits per heavy atom. The Hall–Kier alpha value is -0.0400. The van der Waals surface area contributed by atoms with Gasteiger partial charge in [0.2, 0.25) is 0 Å². The first-order valence-corrected chi connectivity index (χ1v) is 5.15. The number of hydrogen-bond donors (Lipinski definition) is 0. The molecule has 2 rings (SSSR count). The highest BCUT2D eigenvalue weighted by atomic mass is 15.4. The van der Waals surface area contributed by atoms with Crippen LogP contribution in [0.5, 0.6) is 0 Å². The molecule has 0 atom stereocenters. The van der Waals surface area contributed by atoms with Gasteiger partial charge < -0.3 is 4.48 Å². The molecule has 0 aromatic rings. The Labute approximate surface area is 70.0 Å². The highest BCUT2D eigenvalue weighted by molar-refractivity contribution is 4.69. The van der Waals surface area contributed by atoms with E-state index in [0.717, 1.165) is 6.04 Å². The predicted octanol–water partition coefficient (Wildman–Crippen LogP) is 2.17. The smallest absolute Gasteiger partial charge is 0.0888 e. The summed E-state index contributed by atoms with van der Waals surface area (Å²) in [4.78, 5) is 0. The fourth-order valence-corrected chi connectivity index (χ4v) is 2.95. The van der Waals surface area contributed by atoms with Gasteiger partial charge in [-0.1, -0.05) is 0 Å². The zero-order valence-corrected chi connectivity index (χ0v) is 7.68. The third kappa shape index (κ3) is 1.31. The molecule has 0 aliphatic carbocycles. The normalized spacial score (nSPS) is 45.0. The van der Waals surface area contributed by atoms with Crippen molar-refractivity contribution in [2.45, 2.75) is 44.6 Å². The van der Waals surface area contributed by atoms with E-state index in [4.69, 9.17) is 0 Å².